The number of methoxy groups -OCH3 is 1. The third kappa shape index (κ3) is 6.83. The summed E-state index contributed by atoms with van der Waals surface area (Å²) in [5.41, 5.74) is 0.00201. The van der Waals surface area contributed by atoms with Gasteiger partial charge in [-0.3, -0.25) is 14.5 Å². The second kappa shape index (κ2) is 11.2. The highest BCUT2D eigenvalue weighted by molar-refractivity contribution is 8.26. The maximum Gasteiger partial charge on any atom is 0.417 e. The van der Waals surface area contributed by atoms with Crippen molar-refractivity contribution in [2.45, 2.75) is 19.0 Å². The summed E-state index contributed by atoms with van der Waals surface area (Å²) in [4.78, 5) is 38.2. The molecule has 2 aromatic rings. The molecular weight excluding hydrogens is 525 g/mol. The van der Waals surface area contributed by atoms with Crippen molar-refractivity contribution in [2.24, 2.45) is 0 Å². The summed E-state index contributed by atoms with van der Waals surface area (Å²) in [5, 5.41) is 1.94. The number of anilines is 1. The van der Waals surface area contributed by atoms with Gasteiger partial charge in [-0.1, -0.05) is 47.7 Å². The van der Waals surface area contributed by atoms with Gasteiger partial charge in [0.05, 0.1) is 28.2 Å². The van der Waals surface area contributed by atoms with E-state index in [2.05, 4.69) is 10.1 Å². The molecule has 0 bridgehead atoms. The van der Waals surface area contributed by atoms with Crippen LogP contribution in [0.25, 0.3) is 6.08 Å². The lowest BCUT2D eigenvalue weighted by Gasteiger charge is -2.14. The van der Waals surface area contributed by atoms with Crippen LogP contribution in [0.5, 0.6) is 0 Å². The number of ether oxygens (including phenoxy) is 1. The number of rotatable bonds is 7. The summed E-state index contributed by atoms with van der Waals surface area (Å²) in [7, 11) is 1.28. The number of benzene rings is 2. The number of hydrogen-bond donors (Lipinski definition) is 1. The first-order valence-corrected chi connectivity index (χ1v) is 11.7. The molecule has 1 N–H and O–H groups in total. The number of esters is 1. The molecule has 1 heterocycles. The van der Waals surface area contributed by atoms with Gasteiger partial charge in [0.1, 0.15) is 4.32 Å². The number of thioether (sulfide) groups is 1. The first-order valence-electron chi connectivity index (χ1n) is 10.1. The molecule has 0 saturated carbocycles. The Morgan fingerprint density at radius 2 is 1.89 bits per heavy atom. The molecule has 2 amide bonds. The average Bonchev–Trinajstić information content (AvgIpc) is 3.07. The fraction of sp³-hybridized carbons (Fsp3) is 0.217. The molecule has 0 unspecified atom stereocenters. The van der Waals surface area contributed by atoms with Gasteiger partial charge in [-0.2, -0.15) is 13.2 Å². The molecule has 0 atom stereocenters. The van der Waals surface area contributed by atoms with E-state index in [9.17, 15) is 27.6 Å². The third-order valence-electron chi connectivity index (χ3n) is 4.84. The van der Waals surface area contributed by atoms with Gasteiger partial charge in [-0.25, -0.2) is 4.79 Å². The molecule has 3 rings (SSSR count). The number of halogens is 4. The van der Waals surface area contributed by atoms with E-state index in [1.54, 1.807) is 30.3 Å². The first kappa shape index (κ1) is 26.7. The van der Waals surface area contributed by atoms with Gasteiger partial charge >= 0.3 is 12.1 Å². The molecule has 184 valence electrons. The molecule has 1 saturated heterocycles. The lowest BCUT2D eigenvalue weighted by Crippen LogP contribution is -2.29. The van der Waals surface area contributed by atoms with E-state index in [1.807, 2.05) is 0 Å². The van der Waals surface area contributed by atoms with Crippen LogP contribution >= 0.6 is 35.6 Å². The number of alkyl halides is 3. The summed E-state index contributed by atoms with van der Waals surface area (Å²) in [6, 6.07) is 9.61. The van der Waals surface area contributed by atoms with Gasteiger partial charge in [-0.05, 0) is 48.4 Å². The predicted octanol–water partition coefficient (Wildman–Crippen LogP) is 5.77. The van der Waals surface area contributed by atoms with Crippen LogP contribution in [0.1, 0.15) is 34.3 Å². The Bertz CT molecular complexity index is 1200. The highest BCUT2D eigenvalue weighted by Crippen LogP contribution is 2.36. The van der Waals surface area contributed by atoms with Gasteiger partial charge < -0.3 is 10.1 Å². The smallest absolute Gasteiger partial charge is 0.417 e. The maximum absolute atomic E-state index is 13.0. The van der Waals surface area contributed by atoms with Crippen molar-refractivity contribution in [3.8, 4) is 0 Å². The van der Waals surface area contributed by atoms with Crippen LogP contribution in [-0.2, 0) is 20.5 Å². The SMILES string of the molecule is COC(=O)c1ccc(/C=C2\SC(=S)N(CCCC(=O)Nc3ccc(Cl)c(C(F)(F)F)c3)C2=O)cc1. The molecule has 35 heavy (non-hydrogen) atoms. The third-order valence-corrected chi connectivity index (χ3v) is 6.55. The zero-order valence-electron chi connectivity index (χ0n) is 18.1. The van der Waals surface area contributed by atoms with Crippen LogP contribution in [0, 0.1) is 0 Å². The van der Waals surface area contributed by atoms with Crippen molar-refractivity contribution in [1.29, 1.82) is 0 Å². The fourth-order valence-corrected chi connectivity index (χ4v) is 4.65. The molecule has 1 aliphatic rings. The van der Waals surface area contributed by atoms with Gasteiger partial charge in [-0.15, -0.1) is 0 Å². The van der Waals surface area contributed by atoms with Crippen molar-refractivity contribution >= 4 is 69.4 Å². The van der Waals surface area contributed by atoms with E-state index in [4.69, 9.17) is 23.8 Å². The Hall–Kier alpha value is -2.89. The quantitative estimate of drug-likeness (QED) is 0.272. The van der Waals surface area contributed by atoms with E-state index in [0.29, 0.717) is 20.4 Å². The number of carbonyl (C=O) groups excluding carboxylic acids is 3. The minimum absolute atomic E-state index is 0.0292. The van der Waals surface area contributed by atoms with E-state index < -0.39 is 28.6 Å². The Kier molecular flexibility index (Phi) is 8.57. The van der Waals surface area contributed by atoms with Gasteiger partial charge in [0.2, 0.25) is 5.91 Å². The van der Waals surface area contributed by atoms with Gasteiger partial charge in [0.15, 0.2) is 0 Å². The Morgan fingerprint density at radius 1 is 1.20 bits per heavy atom. The van der Waals surface area contributed by atoms with Crippen molar-refractivity contribution in [2.75, 3.05) is 19.0 Å². The molecule has 1 aliphatic heterocycles. The lowest BCUT2D eigenvalue weighted by atomic mass is 10.1. The van der Waals surface area contributed by atoms with E-state index in [1.165, 1.54) is 18.1 Å². The van der Waals surface area contributed by atoms with Crippen LogP contribution in [0.3, 0.4) is 0 Å². The minimum Gasteiger partial charge on any atom is -0.465 e. The molecule has 0 aliphatic carbocycles. The zero-order valence-corrected chi connectivity index (χ0v) is 20.5. The van der Waals surface area contributed by atoms with E-state index in [0.717, 1.165) is 23.9 Å². The van der Waals surface area contributed by atoms with Crippen molar-refractivity contribution in [3.63, 3.8) is 0 Å². The van der Waals surface area contributed by atoms with Crippen LogP contribution in [0.15, 0.2) is 47.4 Å². The van der Waals surface area contributed by atoms with Crippen LogP contribution in [0.2, 0.25) is 5.02 Å². The molecule has 0 aromatic heterocycles. The first-order chi connectivity index (χ1) is 16.5. The van der Waals surface area contributed by atoms with Crippen molar-refractivity contribution < 1.29 is 32.3 Å². The summed E-state index contributed by atoms with van der Waals surface area (Å²) in [6.07, 6.45) is -2.78. The second-order valence-electron chi connectivity index (χ2n) is 7.29. The molecular formula is C23H18ClF3N2O4S2. The summed E-state index contributed by atoms with van der Waals surface area (Å²) in [5.74, 6) is -1.29. The van der Waals surface area contributed by atoms with Gasteiger partial charge in [0, 0.05) is 18.7 Å². The molecule has 6 nitrogen and oxygen atoms in total. The number of nitrogens with one attached hydrogen (secondary N) is 1. The normalized spacial score (nSPS) is 15.0. The lowest BCUT2D eigenvalue weighted by molar-refractivity contribution is -0.137. The van der Waals surface area contributed by atoms with Gasteiger partial charge in [0.25, 0.3) is 5.91 Å². The van der Waals surface area contributed by atoms with Crippen LogP contribution in [0.4, 0.5) is 18.9 Å². The number of amides is 2. The Balaban J connectivity index is 1.55. The summed E-state index contributed by atoms with van der Waals surface area (Å²) < 4.78 is 43.9. The molecule has 1 fully saturated rings. The number of carbonyl (C=O) groups is 3. The predicted molar refractivity (Wildman–Crippen MR) is 132 cm³/mol. The minimum atomic E-state index is -4.64. The zero-order chi connectivity index (χ0) is 25.8. The topological polar surface area (TPSA) is 75.7 Å². The summed E-state index contributed by atoms with van der Waals surface area (Å²) >= 11 is 12.0. The number of nitrogens with zero attached hydrogens (tertiary/aromatic N) is 1. The largest absolute Gasteiger partial charge is 0.465 e. The molecule has 12 heteroatoms. The second-order valence-corrected chi connectivity index (χ2v) is 9.37. The molecule has 0 radical (unpaired) electrons. The highest BCUT2D eigenvalue weighted by atomic mass is 35.5. The van der Waals surface area contributed by atoms with E-state index in [-0.39, 0.29) is 31.0 Å². The number of thiocarbonyl (C=S) groups is 1. The van der Waals surface area contributed by atoms with Crippen molar-refractivity contribution in [3.05, 3.63) is 69.1 Å². The average molecular weight is 543 g/mol. The summed E-state index contributed by atoms with van der Waals surface area (Å²) in [6.45, 7) is 0.172. The molecule has 0 spiro atoms. The maximum atomic E-state index is 13.0. The monoisotopic (exact) mass is 542 g/mol. The number of hydrogen-bond acceptors (Lipinski definition) is 6. The Labute approximate surface area is 213 Å². The molecule has 2 aromatic carbocycles. The Morgan fingerprint density at radius 3 is 2.51 bits per heavy atom. The fourth-order valence-electron chi connectivity index (χ4n) is 3.12. The van der Waals surface area contributed by atoms with Crippen LogP contribution in [-0.4, -0.2) is 40.7 Å². The van der Waals surface area contributed by atoms with E-state index >= 15 is 0 Å². The highest BCUT2D eigenvalue weighted by Gasteiger charge is 2.34. The standard InChI is InChI=1S/C23H18ClF3N2O4S2/c1-33-21(32)14-6-4-13(5-7-14)11-18-20(31)29(22(34)35-18)10-2-3-19(30)28-15-8-9-17(24)16(12-15)23(25,26)27/h4-9,11-12H,2-3,10H2,1H3,(H,28,30)/b18-11-. The van der Waals surface area contributed by atoms with Crippen molar-refractivity contribution in [1.82, 2.24) is 4.90 Å². The van der Waals surface area contributed by atoms with Crippen LogP contribution < -0.4 is 5.32 Å².